The second-order valence-corrected chi connectivity index (χ2v) is 5.39. The minimum atomic E-state index is -0.107. The molecular weight excluding hydrogens is 250 g/mol. The molecule has 3 heteroatoms. The zero-order chi connectivity index (χ0) is 14.8. The average molecular weight is 277 g/mol. The molecule has 0 aliphatic heterocycles. The number of hydrogen-bond acceptors (Lipinski definition) is 3. The highest BCUT2D eigenvalue weighted by Crippen LogP contribution is 2.11. The first kappa shape index (κ1) is 16.5. The first-order valence-electron chi connectivity index (χ1n) is 7.65. The average Bonchev–Trinajstić information content (AvgIpc) is 2.43. The van der Waals surface area contributed by atoms with Crippen molar-refractivity contribution in [2.75, 3.05) is 5.73 Å². The summed E-state index contributed by atoms with van der Waals surface area (Å²) in [6, 6.07) is 7.63. The fourth-order valence-corrected chi connectivity index (χ4v) is 2.13. The van der Waals surface area contributed by atoms with Crippen LogP contribution in [0.15, 0.2) is 24.3 Å². The molecule has 0 aliphatic carbocycles. The molecule has 20 heavy (non-hydrogen) atoms. The van der Waals surface area contributed by atoms with Crippen LogP contribution in [0, 0.1) is 0 Å². The Bertz CT molecular complexity index is 386. The molecule has 0 bridgehead atoms. The number of rotatable bonds is 9. The fourth-order valence-electron chi connectivity index (χ4n) is 2.13. The molecule has 0 saturated carbocycles. The van der Waals surface area contributed by atoms with Gasteiger partial charge in [-0.25, -0.2) is 0 Å². The van der Waals surface area contributed by atoms with E-state index in [9.17, 15) is 4.79 Å². The molecule has 0 amide bonds. The van der Waals surface area contributed by atoms with E-state index in [1.54, 1.807) is 0 Å². The standard InChI is InChI=1S/C17H27NO2/c1-3-4-5-6-7-14(2)20-17(19)13-10-15-8-11-16(18)12-9-15/h8-9,11-12,14H,3-7,10,13,18H2,1-2H3. The molecule has 1 aromatic carbocycles. The van der Waals surface area contributed by atoms with Gasteiger partial charge in [0.25, 0.3) is 0 Å². The van der Waals surface area contributed by atoms with Gasteiger partial charge in [-0.15, -0.1) is 0 Å². The van der Waals surface area contributed by atoms with Crippen molar-refractivity contribution in [2.24, 2.45) is 0 Å². The van der Waals surface area contributed by atoms with E-state index in [1.807, 2.05) is 31.2 Å². The third-order valence-corrected chi connectivity index (χ3v) is 3.39. The van der Waals surface area contributed by atoms with Crippen molar-refractivity contribution in [3.8, 4) is 0 Å². The minimum absolute atomic E-state index is 0.0331. The topological polar surface area (TPSA) is 52.3 Å². The molecule has 0 fully saturated rings. The Morgan fingerprint density at radius 3 is 2.55 bits per heavy atom. The van der Waals surface area contributed by atoms with Gasteiger partial charge in [0.1, 0.15) is 0 Å². The van der Waals surface area contributed by atoms with Crippen molar-refractivity contribution in [3.63, 3.8) is 0 Å². The Labute approximate surface area is 122 Å². The lowest BCUT2D eigenvalue weighted by Crippen LogP contribution is -2.15. The van der Waals surface area contributed by atoms with Gasteiger partial charge in [-0.1, -0.05) is 38.3 Å². The molecule has 1 atom stereocenters. The smallest absolute Gasteiger partial charge is 0.306 e. The second-order valence-electron chi connectivity index (χ2n) is 5.39. The lowest BCUT2D eigenvalue weighted by Gasteiger charge is -2.13. The lowest BCUT2D eigenvalue weighted by molar-refractivity contribution is -0.148. The Morgan fingerprint density at radius 1 is 1.20 bits per heavy atom. The number of carbonyl (C=O) groups is 1. The molecule has 0 heterocycles. The van der Waals surface area contributed by atoms with Crippen molar-refractivity contribution in [1.29, 1.82) is 0 Å². The van der Waals surface area contributed by atoms with Gasteiger partial charge in [0.2, 0.25) is 0 Å². The molecule has 0 aliphatic rings. The van der Waals surface area contributed by atoms with Crippen LogP contribution in [0.25, 0.3) is 0 Å². The molecular formula is C17H27NO2. The van der Waals surface area contributed by atoms with Crippen molar-refractivity contribution < 1.29 is 9.53 Å². The number of aryl methyl sites for hydroxylation is 1. The van der Waals surface area contributed by atoms with Gasteiger partial charge in [-0.05, 0) is 43.9 Å². The zero-order valence-electron chi connectivity index (χ0n) is 12.7. The molecule has 2 N–H and O–H groups in total. The number of esters is 1. The summed E-state index contributed by atoms with van der Waals surface area (Å²) in [5.41, 5.74) is 7.49. The van der Waals surface area contributed by atoms with E-state index in [0.29, 0.717) is 12.8 Å². The summed E-state index contributed by atoms with van der Waals surface area (Å²) in [5, 5.41) is 0. The van der Waals surface area contributed by atoms with Crippen LogP contribution in [-0.2, 0) is 16.0 Å². The van der Waals surface area contributed by atoms with Gasteiger partial charge in [-0.2, -0.15) is 0 Å². The number of unbranched alkanes of at least 4 members (excludes halogenated alkanes) is 3. The Balaban J connectivity index is 2.17. The first-order valence-corrected chi connectivity index (χ1v) is 7.65. The summed E-state index contributed by atoms with van der Waals surface area (Å²) >= 11 is 0. The van der Waals surface area contributed by atoms with Crippen LogP contribution < -0.4 is 5.73 Å². The summed E-state index contributed by atoms with van der Waals surface area (Å²) in [4.78, 5) is 11.7. The molecule has 1 unspecified atom stereocenters. The normalized spacial score (nSPS) is 12.1. The maximum absolute atomic E-state index is 11.7. The highest BCUT2D eigenvalue weighted by atomic mass is 16.5. The van der Waals surface area contributed by atoms with Gasteiger partial charge in [0, 0.05) is 12.1 Å². The van der Waals surface area contributed by atoms with Gasteiger partial charge in [0.15, 0.2) is 0 Å². The number of carbonyl (C=O) groups excluding carboxylic acids is 1. The first-order chi connectivity index (χ1) is 9.61. The van der Waals surface area contributed by atoms with Gasteiger partial charge >= 0.3 is 5.97 Å². The van der Waals surface area contributed by atoms with Crippen molar-refractivity contribution in [1.82, 2.24) is 0 Å². The van der Waals surface area contributed by atoms with Gasteiger partial charge in [0.05, 0.1) is 6.10 Å². The number of ether oxygens (including phenoxy) is 1. The third-order valence-electron chi connectivity index (χ3n) is 3.39. The quantitative estimate of drug-likeness (QED) is 0.420. The number of nitrogen functional groups attached to an aromatic ring is 1. The Morgan fingerprint density at radius 2 is 1.90 bits per heavy atom. The summed E-state index contributed by atoms with van der Waals surface area (Å²) in [6.07, 6.45) is 7.00. The Kier molecular flexibility index (Phi) is 7.78. The highest BCUT2D eigenvalue weighted by molar-refractivity contribution is 5.69. The molecule has 1 aromatic rings. The summed E-state index contributed by atoms with van der Waals surface area (Å²) in [6.45, 7) is 4.17. The largest absolute Gasteiger partial charge is 0.463 e. The maximum atomic E-state index is 11.7. The molecule has 0 aromatic heterocycles. The van der Waals surface area contributed by atoms with E-state index in [0.717, 1.165) is 24.1 Å². The van der Waals surface area contributed by atoms with Crippen LogP contribution in [0.5, 0.6) is 0 Å². The summed E-state index contributed by atoms with van der Waals surface area (Å²) < 4.78 is 5.41. The van der Waals surface area contributed by atoms with E-state index in [4.69, 9.17) is 10.5 Å². The van der Waals surface area contributed by atoms with E-state index >= 15 is 0 Å². The monoisotopic (exact) mass is 277 g/mol. The van der Waals surface area contributed by atoms with Crippen LogP contribution in [0.3, 0.4) is 0 Å². The van der Waals surface area contributed by atoms with Crippen LogP contribution in [0.2, 0.25) is 0 Å². The molecule has 1 rings (SSSR count). The lowest BCUT2D eigenvalue weighted by atomic mass is 10.1. The number of anilines is 1. The highest BCUT2D eigenvalue weighted by Gasteiger charge is 2.09. The number of benzene rings is 1. The van der Waals surface area contributed by atoms with Crippen LogP contribution >= 0.6 is 0 Å². The van der Waals surface area contributed by atoms with E-state index in [1.165, 1.54) is 19.3 Å². The number of hydrogen-bond donors (Lipinski definition) is 1. The summed E-state index contributed by atoms with van der Waals surface area (Å²) in [5.74, 6) is -0.107. The number of nitrogens with two attached hydrogens (primary N) is 1. The van der Waals surface area contributed by atoms with Gasteiger partial charge < -0.3 is 10.5 Å². The summed E-state index contributed by atoms with van der Waals surface area (Å²) in [7, 11) is 0. The predicted molar refractivity (Wildman–Crippen MR) is 83.5 cm³/mol. The molecule has 0 radical (unpaired) electrons. The van der Waals surface area contributed by atoms with Gasteiger partial charge in [-0.3, -0.25) is 4.79 Å². The zero-order valence-corrected chi connectivity index (χ0v) is 12.7. The molecule has 0 spiro atoms. The predicted octanol–water partition coefficient (Wildman–Crippen LogP) is 4.10. The van der Waals surface area contributed by atoms with Crippen LogP contribution in [0.4, 0.5) is 5.69 Å². The Hall–Kier alpha value is -1.51. The second kappa shape index (κ2) is 9.40. The molecule has 0 saturated heterocycles. The minimum Gasteiger partial charge on any atom is -0.463 e. The molecule has 3 nitrogen and oxygen atoms in total. The van der Waals surface area contributed by atoms with E-state index < -0.39 is 0 Å². The maximum Gasteiger partial charge on any atom is 0.306 e. The fraction of sp³-hybridized carbons (Fsp3) is 0.588. The van der Waals surface area contributed by atoms with E-state index in [-0.39, 0.29) is 12.1 Å². The van der Waals surface area contributed by atoms with Crippen LogP contribution in [0.1, 0.15) is 57.9 Å². The third kappa shape index (κ3) is 7.17. The van der Waals surface area contributed by atoms with Crippen molar-refractivity contribution in [2.45, 2.75) is 64.9 Å². The SMILES string of the molecule is CCCCCCC(C)OC(=O)CCc1ccc(N)cc1. The van der Waals surface area contributed by atoms with Crippen molar-refractivity contribution in [3.05, 3.63) is 29.8 Å². The van der Waals surface area contributed by atoms with E-state index in [2.05, 4.69) is 6.92 Å². The molecule has 112 valence electrons. The van der Waals surface area contributed by atoms with Crippen LogP contribution in [-0.4, -0.2) is 12.1 Å². The van der Waals surface area contributed by atoms with Crippen molar-refractivity contribution >= 4 is 11.7 Å².